The molecule has 1 aromatic heterocycles. The molecule has 0 unspecified atom stereocenters. The molecule has 0 bridgehead atoms. The number of nitrogens with zero attached hydrogens (tertiary/aromatic N) is 2. The Morgan fingerprint density at radius 2 is 2.14 bits per heavy atom. The van der Waals surface area contributed by atoms with E-state index < -0.39 is 0 Å². The highest BCUT2D eigenvalue weighted by Gasteiger charge is 2.01. The minimum absolute atomic E-state index is 0. The zero-order valence-corrected chi connectivity index (χ0v) is 8.04. The van der Waals surface area contributed by atoms with Crippen LogP contribution < -0.4 is 5.73 Å². The Bertz CT molecular complexity index is 414. The van der Waals surface area contributed by atoms with Gasteiger partial charge in [-0.15, -0.1) is 12.4 Å². The van der Waals surface area contributed by atoms with Gasteiger partial charge in [0, 0.05) is 12.4 Å². The monoisotopic (exact) mass is 213 g/mol. The van der Waals surface area contributed by atoms with Crippen LogP contribution in [0.3, 0.4) is 0 Å². The van der Waals surface area contributed by atoms with Gasteiger partial charge in [-0.2, -0.15) is 5.10 Å². The molecule has 0 saturated carbocycles. The van der Waals surface area contributed by atoms with Gasteiger partial charge in [0.15, 0.2) is 0 Å². The average Bonchev–Trinajstić information content (AvgIpc) is 2.56. The third-order valence-electron chi connectivity index (χ3n) is 1.74. The molecule has 0 saturated heterocycles. The van der Waals surface area contributed by atoms with Crippen molar-refractivity contribution in [1.29, 1.82) is 0 Å². The lowest BCUT2D eigenvalue weighted by Gasteiger charge is -2.04. The highest BCUT2D eigenvalue weighted by atomic mass is 35.5. The van der Waals surface area contributed by atoms with E-state index in [-0.39, 0.29) is 18.2 Å². The smallest absolute Gasteiger partial charge is 0.125 e. The van der Waals surface area contributed by atoms with Crippen LogP contribution in [-0.2, 0) is 0 Å². The predicted molar refractivity (Wildman–Crippen MR) is 55.2 cm³/mol. The second-order valence-electron chi connectivity index (χ2n) is 2.65. The Hall–Kier alpha value is -1.55. The summed E-state index contributed by atoms with van der Waals surface area (Å²) in [6.07, 6.45) is 3.40. The number of hydrogen-bond donors (Lipinski definition) is 1. The van der Waals surface area contributed by atoms with Gasteiger partial charge in [-0.3, -0.25) is 0 Å². The first-order valence-electron chi connectivity index (χ1n) is 3.82. The van der Waals surface area contributed by atoms with E-state index in [1.807, 2.05) is 0 Å². The molecule has 0 aliphatic carbocycles. The van der Waals surface area contributed by atoms with Crippen molar-refractivity contribution in [3.63, 3.8) is 0 Å². The molecule has 5 heteroatoms. The fourth-order valence-electron chi connectivity index (χ4n) is 1.15. The van der Waals surface area contributed by atoms with Crippen LogP contribution in [-0.4, -0.2) is 9.78 Å². The van der Waals surface area contributed by atoms with Crippen molar-refractivity contribution < 1.29 is 4.39 Å². The van der Waals surface area contributed by atoms with Gasteiger partial charge in [0.2, 0.25) is 0 Å². The molecule has 3 nitrogen and oxygen atoms in total. The van der Waals surface area contributed by atoms with Crippen molar-refractivity contribution in [3.05, 3.63) is 42.5 Å². The normalized spacial score (nSPS) is 9.50. The van der Waals surface area contributed by atoms with E-state index in [0.717, 1.165) is 0 Å². The first-order valence-corrected chi connectivity index (χ1v) is 3.82. The van der Waals surface area contributed by atoms with Gasteiger partial charge >= 0.3 is 0 Å². The summed E-state index contributed by atoms with van der Waals surface area (Å²) in [5.74, 6) is -0.339. The summed E-state index contributed by atoms with van der Waals surface area (Å²) < 4.78 is 14.3. The van der Waals surface area contributed by atoms with Crippen LogP contribution in [0.25, 0.3) is 5.69 Å². The molecule has 0 spiro atoms. The lowest BCUT2D eigenvalue weighted by molar-refractivity contribution is 0.628. The van der Waals surface area contributed by atoms with Crippen LogP contribution in [0, 0.1) is 5.82 Å². The summed E-state index contributed by atoms with van der Waals surface area (Å²) in [5.41, 5.74) is 6.68. The number of benzene rings is 1. The number of aromatic nitrogens is 2. The third kappa shape index (κ3) is 1.85. The number of nitrogen functional groups attached to an aromatic ring is 1. The molecule has 2 rings (SSSR count). The zero-order chi connectivity index (χ0) is 9.26. The molecule has 74 valence electrons. The maximum Gasteiger partial charge on any atom is 0.125 e. The fraction of sp³-hybridized carbons (Fsp3) is 0. The Labute approximate surface area is 86.8 Å². The van der Waals surface area contributed by atoms with Gasteiger partial charge < -0.3 is 5.73 Å². The Morgan fingerprint density at radius 1 is 1.36 bits per heavy atom. The Morgan fingerprint density at radius 3 is 2.71 bits per heavy atom. The van der Waals surface area contributed by atoms with Crippen molar-refractivity contribution in [2.24, 2.45) is 0 Å². The lowest BCUT2D eigenvalue weighted by atomic mass is 10.2. The van der Waals surface area contributed by atoms with E-state index >= 15 is 0 Å². The van der Waals surface area contributed by atoms with E-state index in [4.69, 9.17) is 5.73 Å². The van der Waals surface area contributed by atoms with E-state index in [1.165, 1.54) is 12.1 Å². The summed E-state index contributed by atoms with van der Waals surface area (Å²) in [5, 5.41) is 3.99. The van der Waals surface area contributed by atoms with Crippen LogP contribution in [0.4, 0.5) is 10.1 Å². The van der Waals surface area contributed by atoms with E-state index in [2.05, 4.69) is 5.10 Å². The number of anilines is 1. The molecule has 2 N–H and O–H groups in total. The molecule has 14 heavy (non-hydrogen) atoms. The van der Waals surface area contributed by atoms with Gasteiger partial charge in [0.05, 0.1) is 11.4 Å². The lowest BCUT2D eigenvalue weighted by Crippen LogP contribution is -2.00. The topological polar surface area (TPSA) is 43.8 Å². The van der Waals surface area contributed by atoms with Crippen LogP contribution in [0.5, 0.6) is 0 Å². The Kier molecular flexibility index (Phi) is 3.09. The van der Waals surface area contributed by atoms with Crippen molar-refractivity contribution in [3.8, 4) is 5.69 Å². The molecule has 0 radical (unpaired) electrons. The van der Waals surface area contributed by atoms with Gasteiger partial charge in [0.1, 0.15) is 5.82 Å². The number of rotatable bonds is 1. The van der Waals surface area contributed by atoms with Gasteiger partial charge in [-0.05, 0) is 24.3 Å². The quantitative estimate of drug-likeness (QED) is 0.737. The van der Waals surface area contributed by atoms with Crippen LogP contribution >= 0.6 is 12.4 Å². The largest absolute Gasteiger partial charge is 0.397 e. The van der Waals surface area contributed by atoms with E-state index in [1.54, 1.807) is 29.2 Å². The highest BCUT2D eigenvalue weighted by Crippen LogP contribution is 2.16. The Balaban J connectivity index is 0.000000980. The van der Waals surface area contributed by atoms with Gasteiger partial charge in [0.25, 0.3) is 0 Å². The number of nitrogens with two attached hydrogens (primary N) is 1. The van der Waals surface area contributed by atoms with Gasteiger partial charge in [-0.1, -0.05) is 0 Å². The fourth-order valence-corrected chi connectivity index (χ4v) is 1.15. The second-order valence-corrected chi connectivity index (χ2v) is 2.65. The molecule has 0 amide bonds. The van der Waals surface area contributed by atoms with Crippen LogP contribution in [0.1, 0.15) is 0 Å². The number of hydrogen-bond acceptors (Lipinski definition) is 2. The van der Waals surface area contributed by atoms with Crippen molar-refractivity contribution in [1.82, 2.24) is 9.78 Å². The summed E-state index contributed by atoms with van der Waals surface area (Å²) in [6.45, 7) is 0. The molecular formula is C9H9ClFN3. The average molecular weight is 214 g/mol. The van der Waals surface area contributed by atoms with Gasteiger partial charge in [-0.25, -0.2) is 9.07 Å². The minimum Gasteiger partial charge on any atom is -0.397 e. The molecular weight excluding hydrogens is 205 g/mol. The van der Waals surface area contributed by atoms with Crippen LogP contribution in [0.15, 0.2) is 36.7 Å². The van der Waals surface area contributed by atoms with Crippen molar-refractivity contribution >= 4 is 18.1 Å². The SMILES string of the molecule is Cl.Nc1cc(F)ccc1-n1cccn1. The zero-order valence-electron chi connectivity index (χ0n) is 7.22. The summed E-state index contributed by atoms with van der Waals surface area (Å²) in [4.78, 5) is 0. The number of halogens is 2. The maximum atomic E-state index is 12.7. The van der Waals surface area contributed by atoms with Crippen LogP contribution in [0.2, 0.25) is 0 Å². The molecule has 1 heterocycles. The highest BCUT2D eigenvalue weighted by molar-refractivity contribution is 5.85. The molecule has 0 fully saturated rings. The predicted octanol–water partition coefficient (Wildman–Crippen LogP) is 2.02. The summed E-state index contributed by atoms with van der Waals surface area (Å²) >= 11 is 0. The first-order chi connectivity index (χ1) is 6.27. The van der Waals surface area contributed by atoms with E-state index in [9.17, 15) is 4.39 Å². The second kappa shape index (κ2) is 4.11. The summed E-state index contributed by atoms with van der Waals surface area (Å²) in [7, 11) is 0. The third-order valence-corrected chi connectivity index (χ3v) is 1.74. The van der Waals surface area contributed by atoms with Crippen molar-refractivity contribution in [2.45, 2.75) is 0 Å². The summed E-state index contributed by atoms with van der Waals surface area (Å²) in [6, 6.07) is 6.00. The van der Waals surface area contributed by atoms with Crippen molar-refractivity contribution in [2.75, 3.05) is 5.73 Å². The standard InChI is InChI=1S/C9H8FN3.ClH/c10-7-2-3-9(8(11)6-7)13-5-1-4-12-13;/h1-6H,11H2;1H. The molecule has 2 aromatic rings. The molecule has 0 atom stereocenters. The molecule has 0 aliphatic rings. The first kappa shape index (κ1) is 10.5. The minimum atomic E-state index is -0.339. The molecule has 1 aromatic carbocycles. The van der Waals surface area contributed by atoms with E-state index in [0.29, 0.717) is 11.4 Å². The molecule has 0 aliphatic heterocycles. The maximum absolute atomic E-state index is 12.7.